The fourth-order valence-electron chi connectivity index (χ4n) is 0.231. The van der Waals surface area contributed by atoms with Gasteiger partial charge in [0, 0.05) is 0 Å². The summed E-state index contributed by atoms with van der Waals surface area (Å²) in [6.45, 7) is -4.60. The third-order valence-corrected chi connectivity index (χ3v) is 0.436. The van der Waals surface area contributed by atoms with E-state index >= 15 is 0 Å². The van der Waals surface area contributed by atoms with E-state index in [-0.39, 0.29) is 51.4 Å². The van der Waals surface area contributed by atoms with Crippen molar-refractivity contribution in [3.63, 3.8) is 0 Å². The third kappa shape index (κ3) is 10.4. The summed E-state index contributed by atoms with van der Waals surface area (Å²) in [6, 6.07) is 0. The summed E-state index contributed by atoms with van der Waals surface area (Å²) in [5, 5.41) is 2.01. The number of nitrogens with one attached hydrogen (secondary N) is 1. The first-order chi connectivity index (χ1) is 3.06. The molecule has 0 spiro atoms. The molecule has 0 atom stereocenters. The standard InChI is InChI=1S/C2H6BF3N.K/c1-7-2-3(4,5)6;/h7H,2H2,1H3;/q-1;+1. The molecule has 0 heterocycles. The van der Waals surface area contributed by atoms with Gasteiger partial charge >= 0.3 is 58.4 Å². The molecule has 0 amide bonds. The number of rotatable bonds is 2. The number of hydrogen-bond acceptors (Lipinski definition) is 1. The van der Waals surface area contributed by atoms with E-state index in [0.29, 0.717) is 0 Å². The van der Waals surface area contributed by atoms with Gasteiger partial charge in [0.15, 0.2) is 0 Å². The van der Waals surface area contributed by atoms with Gasteiger partial charge in [-0.25, -0.2) is 0 Å². The second-order valence-corrected chi connectivity index (χ2v) is 1.27. The van der Waals surface area contributed by atoms with Crippen LogP contribution in [0.4, 0.5) is 12.9 Å². The summed E-state index contributed by atoms with van der Waals surface area (Å²) in [7, 11) is 1.27. The first-order valence-electron chi connectivity index (χ1n) is 1.92. The van der Waals surface area contributed by atoms with Crippen LogP contribution in [0.15, 0.2) is 0 Å². The van der Waals surface area contributed by atoms with Crippen molar-refractivity contribution in [2.45, 2.75) is 0 Å². The zero-order valence-corrected chi connectivity index (χ0v) is 8.04. The molecule has 1 N–H and O–H groups in total. The van der Waals surface area contributed by atoms with Gasteiger partial charge in [0.25, 0.3) is 0 Å². The van der Waals surface area contributed by atoms with E-state index in [1.165, 1.54) is 7.05 Å². The minimum Gasteiger partial charge on any atom is -0.448 e. The average molecular weight is 151 g/mol. The van der Waals surface area contributed by atoms with Gasteiger partial charge < -0.3 is 18.3 Å². The van der Waals surface area contributed by atoms with Crippen LogP contribution in [0.3, 0.4) is 0 Å². The van der Waals surface area contributed by atoms with E-state index in [0.717, 1.165) is 0 Å². The van der Waals surface area contributed by atoms with Crippen molar-refractivity contribution in [3.8, 4) is 0 Å². The molecule has 0 rings (SSSR count). The van der Waals surface area contributed by atoms with Crippen LogP contribution in [0.2, 0.25) is 0 Å². The first kappa shape index (κ1) is 12.2. The smallest absolute Gasteiger partial charge is 0.448 e. The van der Waals surface area contributed by atoms with E-state index in [2.05, 4.69) is 0 Å². The van der Waals surface area contributed by atoms with Gasteiger partial charge in [-0.1, -0.05) is 0 Å². The fourth-order valence-corrected chi connectivity index (χ4v) is 0.231. The molecule has 0 aliphatic heterocycles. The maximum absolute atomic E-state index is 11.1. The summed E-state index contributed by atoms with van der Waals surface area (Å²) in [4.78, 5) is 0. The summed E-state index contributed by atoms with van der Waals surface area (Å²) >= 11 is 0. The van der Waals surface area contributed by atoms with E-state index in [1.54, 1.807) is 0 Å². The van der Waals surface area contributed by atoms with Gasteiger partial charge in [0.2, 0.25) is 0 Å². The van der Waals surface area contributed by atoms with Crippen LogP contribution in [0.1, 0.15) is 0 Å². The largest absolute Gasteiger partial charge is 1.00 e. The van der Waals surface area contributed by atoms with Crippen molar-refractivity contribution in [2.75, 3.05) is 13.5 Å². The van der Waals surface area contributed by atoms with Crippen LogP contribution in [-0.2, 0) is 0 Å². The molecule has 8 heavy (non-hydrogen) atoms. The summed E-state index contributed by atoms with van der Waals surface area (Å²) in [6.07, 6.45) is -0.847. The van der Waals surface area contributed by atoms with Crippen molar-refractivity contribution in [3.05, 3.63) is 0 Å². The van der Waals surface area contributed by atoms with Gasteiger partial charge in [0.05, 0.1) is 0 Å². The topological polar surface area (TPSA) is 12.0 Å². The second kappa shape index (κ2) is 5.25. The van der Waals surface area contributed by atoms with Crippen molar-refractivity contribution in [1.29, 1.82) is 0 Å². The molecule has 0 aromatic rings. The van der Waals surface area contributed by atoms with Gasteiger partial charge in [-0.05, 0) is 13.5 Å². The average Bonchev–Trinajstić information content (AvgIpc) is 1.30. The van der Waals surface area contributed by atoms with Crippen LogP contribution >= 0.6 is 0 Å². The Morgan fingerprint density at radius 3 is 1.75 bits per heavy atom. The Morgan fingerprint density at radius 1 is 1.38 bits per heavy atom. The minimum atomic E-state index is -4.60. The third-order valence-electron chi connectivity index (χ3n) is 0.436. The van der Waals surface area contributed by atoms with Crippen LogP contribution in [0.5, 0.6) is 0 Å². The Morgan fingerprint density at radius 2 is 1.75 bits per heavy atom. The zero-order valence-electron chi connectivity index (χ0n) is 4.92. The molecule has 0 aromatic heterocycles. The molecule has 0 saturated heterocycles. The molecule has 44 valence electrons. The molecule has 0 bridgehead atoms. The molecule has 0 aliphatic carbocycles. The maximum Gasteiger partial charge on any atom is 1.00 e. The van der Waals surface area contributed by atoms with E-state index in [1.807, 2.05) is 5.32 Å². The summed E-state index contributed by atoms with van der Waals surface area (Å²) < 4.78 is 33.2. The van der Waals surface area contributed by atoms with Crippen molar-refractivity contribution >= 4 is 6.98 Å². The fraction of sp³-hybridized carbons (Fsp3) is 1.00. The normalized spacial score (nSPS) is 10.5. The predicted molar refractivity (Wildman–Crippen MR) is 23.0 cm³/mol. The molecular weight excluding hydrogens is 145 g/mol. The SMILES string of the molecule is CNC[B-](F)(F)F.[K+]. The van der Waals surface area contributed by atoms with Crippen LogP contribution in [-0.4, -0.2) is 20.5 Å². The van der Waals surface area contributed by atoms with E-state index < -0.39 is 13.4 Å². The van der Waals surface area contributed by atoms with Crippen molar-refractivity contribution in [2.24, 2.45) is 0 Å². The van der Waals surface area contributed by atoms with Crippen LogP contribution < -0.4 is 56.7 Å². The molecule has 0 aromatic carbocycles. The van der Waals surface area contributed by atoms with E-state index in [9.17, 15) is 12.9 Å². The molecule has 0 radical (unpaired) electrons. The van der Waals surface area contributed by atoms with Gasteiger partial charge in [-0.3, -0.25) is 0 Å². The van der Waals surface area contributed by atoms with Crippen molar-refractivity contribution in [1.82, 2.24) is 5.32 Å². The zero-order chi connectivity index (χ0) is 5.91. The van der Waals surface area contributed by atoms with Crippen LogP contribution in [0.25, 0.3) is 0 Å². The predicted octanol–water partition coefficient (Wildman–Crippen LogP) is -2.40. The van der Waals surface area contributed by atoms with Crippen LogP contribution in [0, 0.1) is 0 Å². The maximum atomic E-state index is 11.1. The quantitative estimate of drug-likeness (QED) is 0.433. The van der Waals surface area contributed by atoms with E-state index in [4.69, 9.17) is 0 Å². The van der Waals surface area contributed by atoms with Gasteiger partial charge in [-0.15, -0.1) is 0 Å². The molecular formula is C2H6BF3KN. The summed E-state index contributed by atoms with van der Waals surface area (Å²) in [5.74, 6) is 0. The molecule has 0 unspecified atom stereocenters. The summed E-state index contributed by atoms with van der Waals surface area (Å²) in [5.41, 5.74) is 0. The Kier molecular flexibility index (Phi) is 7.98. The minimum absolute atomic E-state index is 0. The van der Waals surface area contributed by atoms with Gasteiger partial charge in [-0.2, -0.15) is 0 Å². The van der Waals surface area contributed by atoms with Crippen molar-refractivity contribution < 1.29 is 64.3 Å². The van der Waals surface area contributed by atoms with Gasteiger partial charge in [0.1, 0.15) is 0 Å². The Bertz CT molecular complexity index is 55.7. The molecule has 0 fully saturated rings. The first-order valence-corrected chi connectivity index (χ1v) is 1.92. The molecule has 6 heteroatoms. The molecule has 1 nitrogen and oxygen atoms in total. The number of hydrogen-bond donors (Lipinski definition) is 1. The monoisotopic (exact) mass is 151 g/mol. The molecule has 0 saturated carbocycles. The number of halogens is 3. The second-order valence-electron chi connectivity index (χ2n) is 1.27. The Labute approximate surface area is 88.9 Å². The Balaban J connectivity index is 0. The molecule has 0 aliphatic rings. The Hall–Kier alpha value is 1.45.